The van der Waals surface area contributed by atoms with Gasteiger partial charge >= 0.3 is 12.0 Å². The molecule has 1 atom stereocenters. The number of hydrogen-bond donors (Lipinski definition) is 2. The van der Waals surface area contributed by atoms with Crippen molar-refractivity contribution in [3.05, 3.63) is 29.8 Å². The van der Waals surface area contributed by atoms with Crippen molar-refractivity contribution in [3.63, 3.8) is 0 Å². The van der Waals surface area contributed by atoms with Gasteiger partial charge in [-0.05, 0) is 36.8 Å². The van der Waals surface area contributed by atoms with Gasteiger partial charge in [-0.15, -0.1) is 0 Å². The van der Waals surface area contributed by atoms with E-state index in [0.29, 0.717) is 13.0 Å². The summed E-state index contributed by atoms with van der Waals surface area (Å²) < 4.78 is 0. The number of likely N-dealkylation sites (tertiary alicyclic amines) is 1. The van der Waals surface area contributed by atoms with Crippen molar-refractivity contribution in [1.29, 1.82) is 0 Å². The average Bonchev–Trinajstić information content (AvgIpc) is 2.47. The molecular weight excluding hydrogens is 268 g/mol. The van der Waals surface area contributed by atoms with E-state index in [1.807, 2.05) is 24.3 Å². The molecule has 2 N–H and O–H groups in total. The molecule has 1 aliphatic heterocycles. The molecule has 1 aromatic carbocycles. The molecule has 0 aliphatic carbocycles. The summed E-state index contributed by atoms with van der Waals surface area (Å²) in [5.74, 6) is -0.639. The van der Waals surface area contributed by atoms with Gasteiger partial charge < -0.3 is 15.3 Å². The molecule has 114 valence electrons. The highest BCUT2D eigenvalue weighted by molar-refractivity contribution is 5.93. The predicted molar refractivity (Wildman–Crippen MR) is 81.5 cm³/mol. The lowest BCUT2D eigenvalue weighted by molar-refractivity contribution is -0.143. The first-order valence-electron chi connectivity index (χ1n) is 7.40. The molecule has 0 bridgehead atoms. The summed E-state index contributed by atoms with van der Waals surface area (Å²) in [6, 6.07) is 6.59. The maximum absolute atomic E-state index is 12.4. The molecule has 0 radical (unpaired) electrons. The first-order chi connectivity index (χ1) is 10.0. The maximum Gasteiger partial charge on any atom is 0.326 e. The highest BCUT2D eigenvalue weighted by Gasteiger charge is 2.32. The fourth-order valence-electron chi connectivity index (χ4n) is 2.73. The summed E-state index contributed by atoms with van der Waals surface area (Å²) in [5.41, 5.74) is 1.81. The number of nitrogens with zero attached hydrogens (tertiary/aromatic N) is 1. The molecule has 0 aromatic heterocycles. The first kappa shape index (κ1) is 15.4. The quantitative estimate of drug-likeness (QED) is 0.897. The smallest absolute Gasteiger partial charge is 0.326 e. The van der Waals surface area contributed by atoms with Crippen molar-refractivity contribution >= 4 is 17.7 Å². The Hall–Kier alpha value is -2.04. The van der Waals surface area contributed by atoms with E-state index in [0.717, 1.165) is 24.1 Å². The van der Waals surface area contributed by atoms with E-state index >= 15 is 0 Å². The van der Waals surface area contributed by atoms with Gasteiger partial charge in [-0.3, -0.25) is 0 Å². The van der Waals surface area contributed by atoms with Crippen molar-refractivity contribution in [3.8, 4) is 0 Å². The van der Waals surface area contributed by atoms with Gasteiger partial charge in [0.15, 0.2) is 0 Å². The van der Waals surface area contributed by atoms with E-state index in [1.54, 1.807) is 0 Å². The van der Waals surface area contributed by atoms with Gasteiger partial charge in [0.05, 0.1) is 0 Å². The van der Waals surface area contributed by atoms with E-state index in [4.69, 9.17) is 0 Å². The summed E-state index contributed by atoms with van der Waals surface area (Å²) in [6.45, 7) is 4.62. The van der Waals surface area contributed by atoms with Crippen LogP contribution in [-0.4, -0.2) is 34.6 Å². The van der Waals surface area contributed by atoms with Crippen molar-refractivity contribution in [1.82, 2.24) is 4.90 Å². The maximum atomic E-state index is 12.4. The zero-order valence-electron chi connectivity index (χ0n) is 12.5. The molecule has 0 spiro atoms. The first-order valence-corrected chi connectivity index (χ1v) is 7.40. The van der Waals surface area contributed by atoms with E-state index in [9.17, 15) is 14.7 Å². The molecule has 1 aromatic rings. The van der Waals surface area contributed by atoms with E-state index in [-0.39, 0.29) is 11.9 Å². The Labute approximate surface area is 125 Å². The topological polar surface area (TPSA) is 69.6 Å². The van der Waals surface area contributed by atoms with Crippen LogP contribution in [-0.2, 0) is 4.79 Å². The minimum Gasteiger partial charge on any atom is -0.480 e. The second kappa shape index (κ2) is 6.61. The lowest BCUT2D eigenvalue weighted by Crippen LogP contribution is -2.49. The number of hydrogen-bond acceptors (Lipinski definition) is 2. The zero-order chi connectivity index (χ0) is 15.4. The van der Waals surface area contributed by atoms with Gasteiger partial charge in [-0.2, -0.15) is 0 Å². The molecule has 21 heavy (non-hydrogen) atoms. The number of carbonyl (C=O) groups excluding carboxylic acids is 1. The fraction of sp³-hybridized carbons (Fsp3) is 0.500. The minimum absolute atomic E-state index is 0.290. The molecule has 1 aliphatic rings. The van der Waals surface area contributed by atoms with Crippen LogP contribution in [0.5, 0.6) is 0 Å². The van der Waals surface area contributed by atoms with Gasteiger partial charge in [0.2, 0.25) is 0 Å². The van der Waals surface area contributed by atoms with Crippen LogP contribution in [0.15, 0.2) is 24.3 Å². The Balaban J connectivity index is 2.15. The number of nitrogens with one attached hydrogen (secondary N) is 1. The Bertz CT molecular complexity index is 528. The minimum atomic E-state index is -0.929. The third kappa shape index (κ3) is 3.54. The summed E-state index contributed by atoms with van der Waals surface area (Å²) in [6.07, 6.45) is 2.22. The van der Waals surface area contributed by atoms with Gasteiger partial charge in [-0.1, -0.05) is 32.0 Å². The monoisotopic (exact) mass is 290 g/mol. The van der Waals surface area contributed by atoms with Crippen molar-refractivity contribution in [2.75, 3.05) is 11.9 Å². The van der Waals surface area contributed by atoms with Gasteiger partial charge in [0.25, 0.3) is 0 Å². The Kier molecular flexibility index (Phi) is 4.83. The van der Waals surface area contributed by atoms with E-state index in [1.165, 1.54) is 4.90 Å². The summed E-state index contributed by atoms with van der Waals surface area (Å²) in [4.78, 5) is 25.1. The van der Waals surface area contributed by atoms with Crippen LogP contribution < -0.4 is 5.32 Å². The number of anilines is 1. The SMILES string of the molecule is CC(C)c1ccccc1NC(=O)N1CCCCC1C(=O)O. The third-order valence-electron chi connectivity index (χ3n) is 3.87. The second-order valence-electron chi connectivity index (χ2n) is 5.72. The lowest BCUT2D eigenvalue weighted by atomic mass is 10.0. The van der Waals surface area contributed by atoms with Crippen LogP contribution in [0.3, 0.4) is 0 Å². The van der Waals surface area contributed by atoms with Crippen molar-refractivity contribution in [2.24, 2.45) is 0 Å². The lowest BCUT2D eigenvalue weighted by Gasteiger charge is -2.33. The normalized spacial score (nSPS) is 18.6. The number of urea groups is 1. The van der Waals surface area contributed by atoms with Gasteiger partial charge in [0, 0.05) is 12.2 Å². The molecule has 2 rings (SSSR count). The summed E-state index contributed by atoms with van der Waals surface area (Å²) in [5, 5.41) is 12.1. The molecule has 1 unspecified atom stereocenters. The van der Waals surface area contributed by atoms with E-state index in [2.05, 4.69) is 19.2 Å². The molecule has 0 saturated carbocycles. The van der Waals surface area contributed by atoms with Crippen molar-refractivity contribution < 1.29 is 14.7 Å². The molecule has 2 amide bonds. The average molecular weight is 290 g/mol. The van der Waals surface area contributed by atoms with E-state index < -0.39 is 12.0 Å². The highest BCUT2D eigenvalue weighted by Crippen LogP contribution is 2.25. The van der Waals surface area contributed by atoms with Crippen LogP contribution in [0.4, 0.5) is 10.5 Å². The molecule has 1 heterocycles. The third-order valence-corrected chi connectivity index (χ3v) is 3.87. The van der Waals surface area contributed by atoms with Crippen LogP contribution in [0, 0.1) is 0 Å². The summed E-state index contributed by atoms with van der Waals surface area (Å²) in [7, 11) is 0. The number of benzene rings is 1. The number of para-hydroxylation sites is 1. The van der Waals surface area contributed by atoms with Crippen LogP contribution >= 0.6 is 0 Å². The molecule has 1 fully saturated rings. The second-order valence-corrected chi connectivity index (χ2v) is 5.72. The fourth-order valence-corrected chi connectivity index (χ4v) is 2.73. The van der Waals surface area contributed by atoms with Crippen molar-refractivity contribution in [2.45, 2.75) is 45.1 Å². The van der Waals surface area contributed by atoms with Crippen LogP contribution in [0.2, 0.25) is 0 Å². The standard InChI is InChI=1S/C16H22N2O3/c1-11(2)12-7-3-4-8-13(12)17-16(21)18-10-6-5-9-14(18)15(19)20/h3-4,7-8,11,14H,5-6,9-10H2,1-2H3,(H,17,21)(H,19,20). The molecule has 5 nitrogen and oxygen atoms in total. The highest BCUT2D eigenvalue weighted by atomic mass is 16.4. The molecule has 5 heteroatoms. The number of rotatable bonds is 3. The van der Waals surface area contributed by atoms with Crippen LogP contribution in [0.25, 0.3) is 0 Å². The Morgan fingerprint density at radius 1 is 1.29 bits per heavy atom. The Morgan fingerprint density at radius 3 is 2.67 bits per heavy atom. The largest absolute Gasteiger partial charge is 0.480 e. The predicted octanol–water partition coefficient (Wildman–Crippen LogP) is 3.28. The Morgan fingerprint density at radius 2 is 2.00 bits per heavy atom. The zero-order valence-corrected chi connectivity index (χ0v) is 12.5. The summed E-state index contributed by atoms with van der Waals surface area (Å²) >= 11 is 0. The van der Waals surface area contributed by atoms with Gasteiger partial charge in [-0.25, -0.2) is 9.59 Å². The number of amides is 2. The van der Waals surface area contributed by atoms with Crippen LogP contribution in [0.1, 0.15) is 44.6 Å². The number of carboxylic acid groups (broad SMARTS) is 1. The van der Waals surface area contributed by atoms with Gasteiger partial charge in [0.1, 0.15) is 6.04 Å². The number of piperidine rings is 1. The number of carbonyl (C=O) groups is 2. The molecular formula is C16H22N2O3. The molecule has 1 saturated heterocycles. The number of aliphatic carboxylic acids is 1. The number of carboxylic acids is 1.